The van der Waals surface area contributed by atoms with Crippen LogP contribution in [0.3, 0.4) is 0 Å². The molecule has 0 radical (unpaired) electrons. The zero-order chi connectivity index (χ0) is 21.6. The number of aliphatic carboxylic acids is 1. The van der Waals surface area contributed by atoms with Crippen molar-refractivity contribution in [3.8, 4) is 0 Å². The lowest BCUT2D eigenvalue weighted by atomic mass is 9.93. The number of fused-ring (bicyclic) bond motifs is 1. The van der Waals surface area contributed by atoms with E-state index in [1.54, 1.807) is 4.90 Å². The first-order valence-corrected chi connectivity index (χ1v) is 12.2. The predicted octanol–water partition coefficient (Wildman–Crippen LogP) is 6.51. The standard InChI is InChI=1S/C26H41NO3/c1-2-3-4-5-6-7-8-9-10-11-12-13-14-19-25(28)27-21-23-18-16-15-17-22(23)20-24(27)26(29)30/h15-18,24H,2-14,19-21H2,1H3,(H,29,30). The molecule has 1 atom stereocenters. The molecule has 0 bridgehead atoms. The summed E-state index contributed by atoms with van der Waals surface area (Å²) < 4.78 is 0. The largest absolute Gasteiger partial charge is 0.480 e. The third kappa shape index (κ3) is 8.49. The lowest BCUT2D eigenvalue weighted by Gasteiger charge is -2.34. The number of carbonyl (C=O) groups excluding carboxylic acids is 1. The van der Waals surface area contributed by atoms with Crippen LogP contribution in [0.15, 0.2) is 24.3 Å². The van der Waals surface area contributed by atoms with Gasteiger partial charge < -0.3 is 10.0 Å². The zero-order valence-corrected chi connectivity index (χ0v) is 18.9. The number of carbonyl (C=O) groups is 2. The molecule has 30 heavy (non-hydrogen) atoms. The molecule has 1 N–H and O–H groups in total. The number of carboxylic acid groups (broad SMARTS) is 1. The molecule has 2 rings (SSSR count). The molecule has 0 saturated heterocycles. The fraction of sp³-hybridized carbons (Fsp3) is 0.692. The van der Waals surface area contributed by atoms with Crippen LogP contribution < -0.4 is 0 Å². The van der Waals surface area contributed by atoms with Gasteiger partial charge in [0.05, 0.1) is 0 Å². The van der Waals surface area contributed by atoms with Gasteiger partial charge in [-0.25, -0.2) is 4.79 Å². The Balaban J connectivity index is 1.56. The first-order valence-electron chi connectivity index (χ1n) is 12.2. The Morgan fingerprint density at radius 2 is 1.33 bits per heavy atom. The van der Waals surface area contributed by atoms with Crippen molar-refractivity contribution >= 4 is 11.9 Å². The Morgan fingerprint density at radius 3 is 1.87 bits per heavy atom. The van der Waals surface area contributed by atoms with Gasteiger partial charge in [-0.05, 0) is 17.5 Å². The third-order valence-corrected chi connectivity index (χ3v) is 6.35. The number of carboxylic acids is 1. The van der Waals surface area contributed by atoms with Gasteiger partial charge in [-0.15, -0.1) is 0 Å². The maximum atomic E-state index is 12.7. The van der Waals surface area contributed by atoms with E-state index in [9.17, 15) is 14.7 Å². The predicted molar refractivity (Wildman–Crippen MR) is 122 cm³/mol. The minimum Gasteiger partial charge on any atom is -0.480 e. The van der Waals surface area contributed by atoms with Crippen molar-refractivity contribution < 1.29 is 14.7 Å². The van der Waals surface area contributed by atoms with Crippen LogP contribution in [0, 0.1) is 0 Å². The maximum absolute atomic E-state index is 12.7. The quantitative estimate of drug-likeness (QED) is 0.332. The van der Waals surface area contributed by atoms with Gasteiger partial charge >= 0.3 is 5.97 Å². The topological polar surface area (TPSA) is 57.6 Å². The van der Waals surface area contributed by atoms with Crippen molar-refractivity contribution in [2.24, 2.45) is 0 Å². The molecule has 4 heteroatoms. The van der Waals surface area contributed by atoms with Gasteiger partial charge in [0.15, 0.2) is 0 Å². The van der Waals surface area contributed by atoms with Gasteiger partial charge in [-0.1, -0.05) is 108 Å². The molecule has 0 spiro atoms. The number of hydrogen-bond acceptors (Lipinski definition) is 2. The molecule has 1 heterocycles. The van der Waals surface area contributed by atoms with E-state index in [2.05, 4.69) is 6.92 Å². The highest BCUT2D eigenvalue weighted by Crippen LogP contribution is 2.24. The minimum atomic E-state index is -0.900. The molecule has 0 aliphatic carbocycles. The molecule has 1 aromatic carbocycles. The van der Waals surface area contributed by atoms with Gasteiger partial charge in [0.25, 0.3) is 0 Å². The molecular weight excluding hydrogens is 374 g/mol. The van der Waals surface area contributed by atoms with E-state index in [4.69, 9.17) is 0 Å². The highest BCUT2D eigenvalue weighted by molar-refractivity contribution is 5.84. The van der Waals surface area contributed by atoms with Crippen molar-refractivity contribution in [2.45, 2.75) is 116 Å². The molecule has 1 aliphatic heterocycles. The summed E-state index contributed by atoms with van der Waals surface area (Å²) in [6.07, 6.45) is 17.5. The number of hydrogen-bond donors (Lipinski definition) is 1. The molecule has 4 nitrogen and oxygen atoms in total. The monoisotopic (exact) mass is 415 g/mol. The Labute approximate surface area is 183 Å². The Kier molecular flexibility index (Phi) is 11.6. The molecule has 1 aromatic rings. The highest BCUT2D eigenvalue weighted by atomic mass is 16.4. The van der Waals surface area contributed by atoms with Crippen LogP contribution in [-0.2, 0) is 22.6 Å². The second-order valence-corrected chi connectivity index (χ2v) is 8.84. The van der Waals surface area contributed by atoms with E-state index in [1.165, 1.54) is 70.6 Å². The van der Waals surface area contributed by atoms with Gasteiger partial charge in [-0.2, -0.15) is 0 Å². The van der Waals surface area contributed by atoms with Crippen molar-refractivity contribution in [2.75, 3.05) is 0 Å². The van der Waals surface area contributed by atoms with E-state index in [0.717, 1.165) is 24.0 Å². The number of rotatable bonds is 15. The first-order chi connectivity index (χ1) is 14.6. The Morgan fingerprint density at radius 1 is 0.833 bits per heavy atom. The fourth-order valence-electron chi connectivity index (χ4n) is 4.44. The number of amides is 1. The summed E-state index contributed by atoms with van der Waals surface area (Å²) >= 11 is 0. The van der Waals surface area contributed by atoms with Crippen molar-refractivity contribution in [3.05, 3.63) is 35.4 Å². The van der Waals surface area contributed by atoms with Crippen LogP contribution in [0.2, 0.25) is 0 Å². The average molecular weight is 416 g/mol. The summed E-state index contributed by atoms with van der Waals surface area (Å²) in [7, 11) is 0. The number of benzene rings is 1. The van der Waals surface area contributed by atoms with Crippen LogP contribution in [0.4, 0.5) is 0 Å². The van der Waals surface area contributed by atoms with Crippen LogP contribution in [0.1, 0.15) is 108 Å². The van der Waals surface area contributed by atoms with Crippen molar-refractivity contribution in [1.29, 1.82) is 0 Å². The lowest BCUT2D eigenvalue weighted by Crippen LogP contribution is -2.48. The molecule has 1 amide bonds. The number of unbranched alkanes of at least 4 members (excludes halogenated alkanes) is 12. The summed E-state index contributed by atoms with van der Waals surface area (Å²) in [6, 6.07) is 7.13. The molecule has 168 valence electrons. The average Bonchev–Trinajstić information content (AvgIpc) is 2.75. The summed E-state index contributed by atoms with van der Waals surface area (Å²) in [5, 5.41) is 9.57. The van der Waals surface area contributed by atoms with Crippen molar-refractivity contribution in [3.63, 3.8) is 0 Å². The van der Waals surface area contributed by atoms with E-state index < -0.39 is 12.0 Å². The van der Waals surface area contributed by atoms with Gasteiger partial charge in [-0.3, -0.25) is 4.79 Å². The van der Waals surface area contributed by atoms with Gasteiger partial charge in [0, 0.05) is 19.4 Å². The first kappa shape index (κ1) is 24.4. The molecule has 1 aliphatic rings. The molecular formula is C26H41NO3. The van der Waals surface area contributed by atoms with Gasteiger partial charge in [0.1, 0.15) is 6.04 Å². The van der Waals surface area contributed by atoms with Gasteiger partial charge in [0.2, 0.25) is 5.91 Å². The SMILES string of the molecule is CCCCCCCCCCCCCCCC(=O)N1Cc2ccccc2CC1C(=O)O. The molecule has 0 aromatic heterocycles. The van der Waals surface area contributed by atoms with Crippen LogP contribution in [0.5, 0.6) is 0 Å². The van der Waals surface area contributed by atoms with E-state index in [0.29, 0.717) is 19.4 Å². The summed E-state index contributed by atoms with van der Waals surface area (Å²) in [6.45, 7) is 2.68. The molecule has 1 unspecified atom stereocenters. The minimum absolute atomic E-state index is 0.0139. The Hall–Kier alpha value is -1.84. The smallest absolute Gasteiger partial charge is 0.326 e. The molecule has 0 saturated carbocycles. The van der Waals surface area contributed by atoms with Crippen molar-refractivity contribution in [1.82, 2.24) is 4.90 Å². The highest BCUT2D eigenvalue weighted by Gasteiger charge is 2.33. The van der Waals surface area contributed by atoms with Crippen LogP contribution >= 0.6 is 0 Å². The van der Waals surface area contributed by atoms with E-state index in [1.807, 2.05) is 24.3 Å². The number of nitrogens with zero attached hydrogens (tertiary/aromatic N) is 1. The zero-order valence-electron chi connectivity index (χ0n) is 18.9. The van der Waals surface area contributed by atoms with E-state index in [-0.39, 0.29) is 5.91 Å². The third-order valence-electron chi connectivity index (χ3n) is 6.35. The Bertz CT molecular complexity index is 643. The van der Waals surface area contributed by atoms with E-state index >= 15 is 0 Å². The summed E-state index contributed by atoms with van der Waals surface area (Å²) in [5.74, 6) is -0.914. The maximum Gasteiger partial charge on any atom is 0.326 e. The molecule has 0 fully saturated rings. The summed E-state index contributed by atoms with van der Waals surface area (Å²) in [4.78, 5) is 25.9. The van der Waals surface area contributed by atoms with Crippen LogP contribution in [0.25, 0.3) is 0 Å². The fourth-order valence-corrected chi connectivity index (χ4v) is 4.44. The summed E-state index contributed by atoms with van der Waals surface area (Å²) in [5.41, 5.74) is 2.13. The second kappa shape index (κ2) is 14.2. The normalized spacial score (nSPS) is 15.8. The lowest BCUT2D eigenvalue weighted by molar-refractivity contribution is -0.151. The second-order valence-electron chi connectivity index (χ2n) is 8.84. The van der Waals surface area contributed by atoms with Crippen LogP contribution in [-0.4, -0.2) is 27.9 Å².